The van der Waals surface area contributed by atoms with Crippen molar-refractivity contribution in [2.24, 2.45) is 0 Å². The predicted octanol–water partition coefficient (Wildman–Crippen LogP) is 5.92. The maximum atomic E-state index is 6.58. The van der Waals surface area contributed by atoms with Crippen LogP contribution < -0.4 is 20.7 Å². The molecule has 0 amide bonds. The molecule has 3 N–H and O–H groups in total. The molecule has 1 fully saturated rings. The van der Waals surface area contributed by atoms with Crippen molar-refractivity contribution in [3.8, 4) is 22.9 Å². The van der Waals surface area contributed by atoms with Crippen molar-refractivity contribution < 1.29 is 4.74 Å². The standard InChI is InChI=1S/C30H32N8O/c1-3-38-18-14-27(37-38)35-25-10-4-8-23-22(25)12-11-20(2)28(23)39-29-24(9-6-16-32-29)26-13-17-33-30(36-26)34-21-7-5-15-31-19-21/h4,6,8-14,16-18,21,31H,3,5,7,15,19H2,1-2H3,(H,35,37)(H,33,34,36). The Hall–Kier alpha value is -4.50. The highest BCUT2D eigenvalue weighted by Crippen LogP contribution is 2.39. The summed E-state index contributed by atoms with van der Waals surface area (Å²) < 4.78 is 8.47. The molecule has 6 rings (SSSR count). The van der Waals surface area contributed by atoms with E-state index in [4.69, 9.17) is 9.72 Å². The first-order chi connectivity index (χ1) is 19.2. The van der Waals surface area contributed by atoms with Gasteiger partial charge in [-0.2, -0.15) is 5.10 Å². The smallest absolute Gasteiger partial charge is 0.228 e. The van der Waals surface area contributed by atoms with Crippen LogP contribution in [0.25, 0.3) is 22.0 Å². The first kappa shape index (κ1) is 24.8. The maximum Gasteiger partial charge on any atom is 0.228 e. The summed E-state index contributed by atoms with van der Waals surface area (Å²) in [6.07, 6.45) is 7.72. The highest BCUT2D eigenvalue weighted by Gasteiger charge is 2.17. The topological polar surface area (TPSA) is 102 Å². The normalized spacial score (nSPS) is 15.3. The lowest BCUT2D eigenvalue weighted by molar-refractivity contribution is 0.466. The molecule has 1 aliphatic heterocycles. The molecule has 9 nitrogen and oxygen atoms in total. The van der Waals surface area contributed by atoms with Crippen molar-refractivity contribution in [1.29, 1.82) is 0 Å². The molecule has 198 valence electrons. The van der Waals surface area contributed by atoms with Crippen LogP contribution in [0.15, 0.2) is 73.2 Å². The molecule has 3 aromatic heterocycles. The quantitative estimate of drug-likeness (QED) is 0.232. The minimum absolute atomic E-state index is 0.315. The third kappa shape index (κ3) is 5.39. The third-order valence-corrected chi connectivity index (χ3v) is 6.97. The van der Waals surface area contributed by atoms with Gasteiger partial charge in [-0.05, 0) is 63.1 Å². The molecule has 0 saturated carbocycles. The van der Waals surface area contributed by atoms with Crippen LogP contribution in [0.3, 0.4) is 0 Å². The summed E-state index contributed by atoms with van der Waals surface area (Å²) >= 11 is 0. The Labute approximate surface area is 227 Å². The van der Waals surface area contributed by atoms with Crippen molar-refractivity contribution in [3.63, 3.8) is 0 Å². The molecule has 0 aliphatic carbocycles. The van der Waals surface area contributed by atoms with Crippen LogP contribution in [0.2, 0.25) is 0 Å². The number of anilines is 3. The lowest BCUT2D eigenvalue weighted by Gasteiger charge is -2.23. The van der Waals surface area contributed by atoms with Gasteiger partial charge in [-0.1, -0.05) is 24.3 Å². The summed E-state index contributed by atoms with van der Waals surface area (Å²) in [5.41, 5.74) is 3.54. The molecule has 0 bridgehead atoms. The number of ether oxygens (including phenoxy) is 1. The molecule has 1 unspecified atom stereocenters. The van der Waals surface area contributed by atoms with E-state index in [0.29, 0.717) is 17.9 Å². The number of fused-ring (bicyclic) bond motifs is 1. The second-order valence-corrected chi connectivity index (χ2v) is 9.71. The summed E-state index contributed by atoms with van der Waals surface area (Å²) in [5, 5.41) is 16.9. The Morgan fingerprint density at radius 1 is 1.03 bits per heavy atom. The molecule has 1 aliphatic rings. The van der Waals surface area contributed by atoms with Gasteiger partial charge in [0.1, 0.15) is 5.75 Å². The van der Waals surface area contributed by atoms with Crippen molar-refractivity contribution in [3.05, 3.63) is 78.8 Å². The van der Waals surface area contributed by atoms with E-state index in [-0.39, 0.29) is 0 Å². The van der Waals surface area contributed by atoms with E-state index < -0.39 is 0 Å². The van der Waals surface area contributed by atoms with Crippen molar-refractivity contribution in [2.45, 2.75) is 39.3 Å². The zero-order valence-electron chi connectivity index (χ0n) is 22.2. The van der Waals surface area contributed by atoms with Gasteiger partial charge in [0.25, 0.3) is 0 Å². The summed E-state index contributed by atoms with van der Waals surface area (Å²) in [4.78, 5) is 13.9. The molecule has 1 saturated heterocycles. The summed E-state index contributed by atoms with van der Waals surface area (Å²) in [7, 11) is 0. The van der Waals surface area contributed by atoms with Crippen molar-refractivity contribution in [1.82, 2.24) is 30.0 Å². The number of aromatic nitrogens is 5. The molecular weight excluding hydrogens is 488 g/mol. The van der Waals surface area contributed by atoms with Crippen LogP contribution in [0, 0.1) is 6.92 Å². The predicted molar refractivity (Wildman–Crippen MR) is 155 cm³/mol. The van der Waals surface area contributed by atoms with Gasteiger partial charge in [-0.15, -0.1) is 0 Å². The lowest BCUT2D eigenvalue weighted by Crippen LogP contribution is -2.38. The molecule has 2 aromatic carbocycles. The Morgan fingerprint density at radius 3 is 2.82 bits per heavy atom. The first-order valence-electron chi connectivity index (χ1n) is 13.4. The molecular formula is C30H32N8O. The number of nitrogens with zero attached hydrogens (tertiary/aromatic N) is 5. The molecule has 5 aromatic rings. The molecule has 1 atom stereocenters. The first-order valence-corrected chi connectivity index (χ1v) is 13.4. The number of rotatable bonds is 8. The number of hydrogen-bond donors (Lipinski definition) is 3. The van der Waals surface area contributed by atoms with Crippen LogP contribution in [0.4, 0.5) is 17.5 Å². The number of nitrogens with one attached hydrogen (secondary N) is 3. The average Bonchev–Trinajstić information content (AvgIpc) is 3.43. The fraction of sp³-hybridized carbons (Fsp3) is 0.267. The Kier molecular flexibility index (Phi) is 7.05. The fourth-order valence-electron chi connectivity index (χ4n) is 4.93. The van der Waals surface area contributed by atoms with Crippen LogP contribution in [0.5, 0.6) is 11.6 Å². The van der Waals surface area contributed by atoms with Gasteiger partial charge in [0, 0.05) is 60.2 Å². The summed E-state index contributed by atoms with van der Waals surface area (Å²) in [6, 6.07) is 18.4. The zero-order valence-corrected chi connectivity index (χ0v) is 22.2. The van der Waals surface area contributed by atoms with Crippen molar-refractivity contribution in [2.75, 3.05) is 23.7 Å². The lowest BCUT2D eigenvalue weighted by atomic mass is 10.0. The maximum absolute atomic E-state index is 6.58. The van der Waals surface area contributed by atoms with E-state index in [1.807, 2.05) is 48.1 Å². The van der Waals surface area contributed by atoms with E-state index in [1.54, 1.807) is 12.4 Å². The Balaban J connectivity index is 1.32. The molecule has 39 heavy (non-hydrogen) atoms. The average molecular weight is 521 g/mol. The van der Waals surface area contributed by atoms with Crippen LogP contribution >= 0.6 is 0 Å². The van der Waals surface area contributed by atoms with Gasteiger partial charge < -0.3 is 20.7 Å². The summed E-state index contributed by atoms with van der Waals surface area (Å²) in [5.74, 6) is 2.67. The van der Waals surface area contributed by atoms with Gasteiger partial charge in [0.15, 0.2) is 5.82 Å². The van der Waals surface area contributed by atoms with E-state index in [1.165, 1.54) is 0 Å². The highest BCUT2D eigenvalue weighted by atomic mass is 16.5. The number of hydrogen-bond acceptors (Lipinski definition) is 8. The number of piperidine rings is 1. The second kappa shape index (κ2) is 11.1. The number of aryl methyl sites for hydroxylation is 2. The minimum atomic E-state index is 0.315. The highest BCUT2D eigenvalue weighted by molar-refractivity contribution is 5.99. The third-order valence-electron chi connectivity index (χ3n) is 6.97. The van der Waals surface area contributed by atoms with Crippen LogP contribution in [-0.2, 0) is 6.54 Å². The second-order valence-electron chi connectivity index (χ2n) is 9.71. The molecule has 9 heteroatoms. The summed E-state index contributed by atoms with van der Waals surface area (Å²) in [6.45, 7) is 6.91. The van der Waals surface area contributed by atoms with Gasteiger partial charge in [0.05, 0.1) is 11.3 Å². The van der Waals surface area contributed by atoms with Crippen LogP contribution in [0.1, 0.15) is 25.3 Å². The van der Waals surface area contributed by atoms with Gasteiger partial charge >= 0.3 is 0 Å². The monoisotopic (exact) mass is 520 g/mol. The largest absolute Gasteiger partial charge is 0.437 e. The molecule has 4 heterocycles. The molecule has 0 radical (unpaired) electrons. The van der Waals surface area contributed by atoms with E-state index in [0.717, 1.165) is 77.3 Å². The zero-order chi connectivity index (χ0) is 26.6. The Morgan fingerprint density at radius 2 is 1.97 bits per heavy atom. The minimum Gasteiger partial charge on any atom is -0.437 e. The van der Waals surface area contributed by atoms with E-state index >= 15 is 0 Å². The van der Waals surface area contributed by atoms with Gasteiger partial charge in [-0.3, -0.25) is 4.68 Å². The SMILES string of the molecule is CCn1ccc(Nc2cccc3c(Oc4ncccc4-c4ccnc(NC5CCCNC5)n4)c(C)ccc23)n1. The number of pyridine rings is 1. The molecule has 0 spiro atoms. The van der Waals surface area contributed by atoms with E-state index in [2.05, 4.69) is 62.2 Å². The van der Waals surface area contributed by atoms with Crippen molar-refractivity contribution >= 4 is 28.2 Å². The van der Waals surface area contributed by atoms with Crippen LogP contribution in [-0.4, -0.2) is 43.9 Å². The van der Waals surface area contributed by atoms with Gasteiger partial charge in [0.2, 0.25) is 11.8 Å². The number of benzene rings is 2. The van der Waals surface area contributed by atoms with E-state index in [9.17, 15) is 0 Å². The fourth-order valence-corrected chi connectivity index (χ4v) is 4.93. The van der Waals surface area contributed by atoms with Gasteiger partial charge in [-0.25, -0.2) is 15.0 Å². The Bertz CT molecular complexity index is 1590.